The third-order valence-corrected chi connectivity index (χ3v) is 2.51. The molecule has 2 heteroatoms. The molecule has 12 heavy (non-hydrogen) atoms. The summed E-state index contributed by atoms with van der Waals surface area (Å²) in [4.78, 5) is 0. The Morgan fingerprint density at radius 2 is 2.25 bits per heavy atom. The number of allylic oxidation sites excluding steroid dienone is 1. The molecule has 0 aromatic heterocycles. The summed E-state index contributed by atoms with van der Waals surface area (Å²) in [7, 11) is 4.05. The number of nitrogens with one attached hydrogen (secondary N) is 2. The first-order chi connectivity index (χ1) is 5.86. The van der Waals surface area contributed by atoms with Crippen LogP contribution in [0.5, 0.6) is 0 Å². The Morgan fingerprint density at radius 1 is 1.42 bits per heavy atom. The van der Waals surface area contributed by atoms with Gasteiger partial charge in [0.05, 0.1) is 0 Å². The van der Waals surface area contributed by atoms with E-state index in [1.165, 1.54) is 25.8 Å². The van der Waals surface area contributed by atoms with Crippen molar-refractivity contribution in [3.63, 3.8) is 0 Å². The van der Waals surface area contributed by atoms with E-state index in [0.717, 1.165) is 12.5 Å². The highest BCUT2D eigenvalue weighted by molar-refractivity contribution is 5.08. The van der Waals surface area contributed by atoms with E-state index in [0.29, 0.717) is 0 Å². The molecule has 0 radical (unpaired) electrons. The van der Waals surface area contributed by atoms with Gasteiger partial charge in [-0.2, -0.15) is 0 Å². The smallest absolute Gasteiger partial charge is 0.0161 e. The zero-order chi connectivity index (χ0) is 8.81. The second-order valence-corrected chi connectivity index (χ2v) is 3.59. The van der Waals surface area contributed by atoms with E-state index < -0.39 is 0 Å². The lowest BCUT2D eigenvalue weighted by Gasteiger charge is -2.21. The summed E-state index contributed by atoms with van der Waals surface area (Å²) in [6.45, 7) is 2.25. The fourth-order valence-corrected chi connectivity index (χ4v) is 1.80. The van der Waals surface area contributed by atoms with Crippen LogP contribution >= 0.6 is 0 Å². The minimum absolute atomic E-state index is 0.871. The first kappa shape index (κ1) is 9.75. The van der Waals surface area contributed by atoms with Gasteiger partial charge in [-0.1, -0.05) is 11.6 Å². The summed E-state index contributed by atoms with van der Waals surface area (Å²) in [5.74, 6) is 0.871. The SMILES string of the molecule is CNCC1=CCC(CNC)CC1. The van der Waals surface area contributed by atoms with Gasteiger partial charge in [0.25, 0.3) is 0 Å². The van der Waals surface area contributed by atoms with Crippen LogP contribution in [0.4, 0.5) is 0 Å². The van der Waals surface area contributed by atoms with Crippen LogP contribution in [0.25, 0.3) is 0 Å². The van der Waals surface area contributed by atoms with E-state index in [2.05, 4.69) is 16.7 Å². The van der Waals surface area contributed by atoms with Crippen molar-refractivity contribution in [1.29, 1.82) is 0 Å². The van der Waals surface area contributed by atoms with Crippen LogP contribution in [0.1, 0.15) is 19.3 Å². The molecule has 0 aromatic carbocycles. The minimum atomic E-state index is 0.871. The Bertz CT molecular complexity index is 152. The van der Waals surface area contributed by atoms with Crippen LogP contribution in [0.15, 0.2) is 11.6 Å². The molecule has 2 nitrogen and oxygen atoms in total. The minimum Gasteiger partial charge on any atom is -0.319 e. The van der Waals surface area contributed by atoms with Crippen molar-refractivity contribution in [3.05, 3.63) is 11.6 Å². The number of likely N-dealkylation sites (N-methyl/N-ethyl adjacent to an activating group) is 1. The van der Waals surface area contributed by atoms with Crippen LogP contribution in [-0.2, 0) is 0 Å². The van der Waals surface area contributed by atoms with Crippen LogP contribution in [0, 0.1) is 5.92 Å². The van der Waals surface area contributed by atoms with Gasteiger partial charge in [0.1, 0.15) is 0 Å². The molecule has 1 aliphatic rings. The van der Waals surface area contributed by atoms with Gasteiger partial charge in [-0.3, -0.25) is 0 Å². The van der Waals surface area contributed by atoms with Gasteiger partial charge in [0.15, 0.2) is 0 Å². The van der Waals surface area contributed by atoms with Crippen molar-refractivity contribution in [2.24, 2.45) is 5.92 Å². The van der Waals surface area contributed by atoms with Crippen LogP contribution in [-0.4, -0.2) is 27.2 Å². The average molecular weight is 168 g/mol. The summed E-state index contributed by atoms with van der Waals surface area (Å²) >= 11 is 0. The van der Waals surface area contributed by atoms with Gasteiger partial charge < -0.3 is 10.6 Å². The molecule has 1 unspecified atom stereocenters. The number of rotatable bonds is 4. The Balaban J connectivity index is 2.26. The van der Waals surface area contributed by atoms with Crippen molar-refractivity contribution in [1.82, 2.24) is 10.6 Å². The maximum atomic E-state index is 3.24. The van der Waals surface area contributed by atoms with Gasteiger partial charge in [-0.25, -0.2) is 0 Å². The fraction of sp³-hybridized carbons (Fsp3) is 0.800. The molecule has 1 aliphatic carbocycles. The van der Waals surface area contributed by atoms with E-state index in [1.54, 1.807) is 5.57 Å². The zero-order valence-corrected chi connectivity index (χ0v) is 8.19. The van der Waals surface area contributed by atoms with Gasteiger partial charge in [0, 0.05) is 6.54 Å². The molecule has 0 heterocycles. The van der Waals surface area contributed by atoms with Gasteiger partial charge >= 0.3 is 0 Å². The molecule has 2 N–H and O–H groups in total. The highest BCUT2D eigenvalue weighted by Crippen LogP contribution is 2.22. The molecule has 0 fully saturated rings. The van der Waals surface area contributed by atoms with Gasteiger partial charge in [0.2, 0.25) is 0 Å². The van der Waals surface area contributed by atoms with Crippen LogP contribution in [0.3, 0.4) is 0 Å². The molecule has 1 rings (SSSR count). The van der Waals surface area contributed by atoms with E-state index in [1.807, 2.05) is 14.1 Å². The molecule has 70 valence electrons. The highest BCUT2D eigenvalue weighted by atomic mass is 14.8. The Labute approximate surface area is 75.4 Å². The third-order valence-electron chi connectivity index (χ3n) is 2.51. The lowest BCUT2D eigenvalue weighted by atomic mass is 9.89. The summed E-state index contributed by atoms with van der Waals surface area (Å²) < 4.78 is 0. The van der Waals surface area contributed by atoms with E-state index in [4.69, 9.17) is 0 Å². The Morgan fingerprint density at radius 3 is 2.75 bits per heavy atom. The second kappa shape index (κ2) is 5.33. The van der Waals surface area contributed by atoms with Gasteiger partial charge in [-0.05, 0) is 45.8 Å². The fourth-order valence-electron chi connectivity index (χ4n) is 1.80. The number of hydrogen-bond acceptors (Lipinski definition) is 2. The predicted molar refractivity (Wildman–Crippen MR) is 53.3 cm³/mol. The molecule has 0 amide bonds. The average Bonchev–Trinajstić information content (AvgIpc) is 2.09. The van der Waals surface area contributed by atoms with Crippen LogP contribution in [0.2, 0.25) is 0 Å². The maximum absolute atomic E-state index is 3.24. The summed E-state index contributed by atoms with van der Waals surface area (Å²) in [5.41, 5.74) is 1.59. The molecule has 0 aliphatic heterocycles. The molecule has 0 bridgehead atoms. The topological polar surface area (TPSA) is 24.1 Å². The van der Waals surface area contributed by atoms with Crippen molar-refractivity contribution in [3.8, 4) is 0 Å². The quantitative estimate of drug-likeness (QED) is 0.615. The second-order valence-electron chi connectivity index (χ2n) is 3.59. The van der Waals surface area contributed by atoms with E-state index >= 15 is 0 Å². The van der Waals surface area contributed by atoms with Gasteiger partial charge in [-0.15, -0.1) is 0 Å². The summed E-state index contributed by atoms with van der Waals surface area (Å²) in [5, 5.41) is 6.44. The van der Waals surface area contributed by atoms with Crippen molar-refractivity contribution >= 4 is 0 Å². The molecular weight excluding hydrogens is 148 g/mol. The molecule has 1 atom stereocenters. The first-order valence-corrected chi connectivity index (χ1v) is 4.84. The van der Waals surface area contributed by atoms with Crippen molar-refractivity contribution in [2.45, 2.75) is 19.3 Å². The lowest BCUT2D eigenvalue weighted by molar-refractivity contribution is 0.446. The Kier molecular flexibility index (Phi) is 4.33. The molecule has 0 saturated carbocycles. The molecular formula is C10H20N2. The first-order valence-electron chi connectivity index (χ1n) is 4.84. The zero-order valence-electron chi connectivity index (χ0n) is 8.19. The predicted octanol–water partition coefficient (Wildman–Crippen LogP) is 1.15. The monoisotopic (exact) mass is 168 g/mol. The third kappa shape index (κ3) is 2.95. The molecule has 0 saturated heterocycles. The molecule has 0 aromatic rings. The molecule has 0 spiro atoms. The standard InChI is InChI=1S/C10H20N2/c1-11-7-9-3-5-10(6-4-9)8-12-2/h3,10-12H,4-8H2,1-2H3. The Hall–Kier alpha value is -0.340. The summed E-state index contributed by atoms with van der Waals surface area (Å²) in [6, 6.07) is 0. The summed E-state index contributed by atoms with van der Waals surface area (Å²) in [6.07, 6.45) is 6.31. The number of hydrogen-bond donors (Lipinski definition) is 2. The largest absolute Gasteiger partial charge is 0.319 e. The van der Waals surface area contributed by atoms with E-state index in [-0.39, 0.29) is 0 Å². The normalized spacial score (nSPS) is 23.8. The van der Waals surface area contributed by atoms with Crippen LogP contribution < -0.4 is 10.6 Å². The van der Waals surface area contributed by atoms with E-state index in [9.17, 15) is 0 Å². The maximum Gasteiger partial charge on any atom is 0.0161 e. The van der Waals surface area contributed by atoms with Crippen molar-refractivity contribution in [2.75, 3.05) is 27.2 Å². The highest BCUT2D eigenvalue weighted by Gasteiger charge is 2.12. The van der Waals surface area contributed by atoms with Crippen molar-refractivity contribution < 1.29 is 0 Å². The lowest BCUT2D eigenvalue weighted by Crippen LogP contribution is -2.22.